The Morgan fingerprint density at radius 1 is 1.04 bits per heavy atom. The molecule has 1 aliphatic carbocycles. The third-order valence-corrected chi connectivity index (χ3v) is 4.35. The summed E-state index contributed by atoms with van der Waals surface area (Å²) in [5.74, 6) is -0.624. The van der Waals surface area contributed by atoms with Crippen molar-refractivity contribution in [2.45, 2.75) is 44.6 Å². The Bertz CT molecular complexity index is 679. The molecule has 1 fully saturated rings. The molecule has 2 aromatic rings. The molecular formula is C19H22FN3O. The van der Waals surface area contributed by atoms with Crippen LogP contribution >= 0.6 is 0 Å². The zero-order valence-corrected chi connectivity index (χ0v) is 13.6. The van der Waals surface area contributed by atoms with E-state index in [1.807, 2.05) is 6.07 Å². The number of halogens is 1. The molecule has 0 aliphatic heterocycles. The molecule has 5 heteroatoms. The molecule has 24 heavy (non-hydrogen) atoms. The van der Waals surface area contributed by atoms with Crippen LogP contribution in [-0.2, 0) is 0 Å². The molecule has 126 valence electrons. The van der Waals surface area contributed by atoms with Crippen LogP contribution in [0.2, 0.25) is 0 Å². The van der Waals surface area contributed by atoms with Crippen LogP contribution < -0.4 is 10.6 Å². The van der Waals surface area contributed by atoms with E-state index in [1.54, 1.807) is 24.4 Å². The maximum absolute atomic E-state index is 13.6. The lowest BCUT2D eigenvalue weighted by atomic mass is 10.1. The first-order valence-electron chi connectivity index (χ1n) is 8.51. The van der Waals surface area contributed by atoms with Crippen LogP contribution in [0.15, 0.2) is 42.6 Å². The maximum Gasteiger partial charge on any atom is 0.259 e. The lowest BCUT2D eigenvalue weighted by molar-refractivity contribution is 0.102. The molecule has 1 amide bonds. The van der Waals surface area contributed by atoms with Gasteiger partial charge in [0.05, 0.1) is 17.4 Å². The minimum atomic E-state index is -0.540. The average Bonchev–Trinajstić information content (AvgIpc) is 2.86. The molecule has 3 rings (SSSR count). The molecule has 0 atom stereocenters. The quantitative estimate of drug-likeness (QED) is 0.806. The number of aromatic nitrogens is 1. The fourth-order valence-electron chi connectivity index (χ4n) is 3.04. The number of nitrogens with zero attached hydrogens (tertiary/aromatic N) is 1. The van der Waals surface area contributed by atoms with Crippen molar-refractivity contribution in [3.8, 4) is 0 Å². The number of anilines is 2. The number of carbonyl (C=O) groups excluding carboxylic acids is 1. The van der Waals surface area contributed by atoms with Crippen molar-refractivity contribution in [1.29, 1.82) is 0 Å². The van der Waals surface area contributed by atoms with E-state index >= 15 is 0 Å². The Kier molecular flexibility index (Phi) is 5.41. The van der Waals surface area contributed by atoms with E-state index in [-0.39, 0.29) is 5.56 Å². The van der Waals surface area contributed by atoms with Gasteiger partial charge in [-0.25, -0.2) is 9.37 Å². The predicted molar refractivity (Wildman–Crippen MR) is 93.7 cm³/mol. The summed E-state index contributed by atoms with van der Waals surface area (Å²) < 4.78 is 13.6. The van der Waals surface area contributed by atoms with Gasteiger partial charge in [0.1, 0.15) is 11.6 Å². The molecule has 0 bridgehead atoms. The predicted octanol–water partition coefficient (Wildman–Crippen LogP) is 4.61. The van der Waals surface area contributed by atoms with Crippen molar-refractivity contribution in [3.05, 3.63) is 54.0 Å². The summed E-state index contributed by atoms with van der Waals surface area (Å²) in [5, 5.41) is 6.13. The van der Waals surface area contributed by atoms with Gasteiger partial charge in [-0.2, -0.15) is 0 Å². The number of pyridine rings is 1. The Balaban J connectivity index is 1.60. The normalized spacial score (nSPS) is 15.5. The lowest BCUT2D eigenvalue weighted by Gasteiger charge is -2.17. The van der Waals surface area contributed by atoms with E-state index in [0.29, 0.717) is 11.9 Å². The minimum Gasteiger partial charge on any atom is -0.381 e. The monoisotopic (exact) mass is 327 g/mol. The van der Waals surface area contributed by atoms with Gasteiger partial charge in [0, 0.05) is 6.04 Å². The van der Waals surface area contributed by atoms with Gasteiger partial charge in [0.2, 0.25) is 0 Å². The van der Waals surface area contributed by atoms with Crippen molar-refractivity contribution in [2.75, 3.05) is 10.6 Å². The number of rotatable bonds is 4. The number of hydrogen-bond acceptors (Lipinski definition) is 3. The van der Waals surface area contributed by atoms with E-state index in [0.717, 1.165) is 5.69 Å². The largest absolute Gasteiger partial charge is 0.381 e. The van der Waals surface area contributed by atoms with Gasteiger partial charge in [-0.15, -0.1) is 0 Å². The van der Waals surface area contributed by atoms with Crippen LogP contribution in [0.25, 0.3) is 0 Å². The van der Waals surface area contributed by atoms with E-state index < -0.39 is 11.7 Å². The molecule has 0 unspecified atom stereocenters. The second-order valence-corrected chi connectivity index (χ2v) is 6.20. The Morgan fingerprint density at radius 3 is 2.46 bits per heavy atom. The summed E-state index contributed by atoms with van der Waals surface area (Å²) in [6, 6.07) is 10.0. The van der Waals surface area contributed by atoms with Crippen LogP contribution in [0.5, 0.6) is 0 Å². The lowest BCUT2D eigenvalue weighted by Crippen LogP contribution is -2.18. The Hall–Kier alpha value is -2.43. The van der Waals surface area contributed by atoms with E-state index in [4.69, 9.17) is 0 Å². The van der Waals surface area contributed by atoms with Crippen molar-refractivity contribution in [2.24, 2.45) is 0 Å². The average molecular weight is 327 g/mol. The van der Waals surface area contributed by atoms with Crippen LogP contribution in [-0.4, -0.2) is 16.9 Å². The number of nitrogens with one attached hydrogen (secondary N) is 2. The summed E-state index contributed by atoms with van der Waals surface area (Å²) in [6.07, 6.45) is 9.25. The SMILES string of the molecule is O=C(Nc1ccc(NC2CCCCCC2)cn1)c1ccccc1F. The molecule has 1 aromatic carbocycles. The first kappa shape index (κ1) is 16.4. The molecule has 4 nitrogen and oxygen atoms in total. The van der Waals surface area contributed by atoms with Crippen LogP contribution in [0.3, 0.4) is 0 Å². The number of amides is 1. The molecule has 2 N–H and O–H groups in total. The van der Waals surface area contributed by atoms with Gasteiger partial charge in [0.25, 0.3) is 5.91 Å². The van der Waals surface area contributed by atoms with Crippen molar-refractivity contribution >= 4 is 17.4 Å². The highest BCUT2D eigenvalue weighted by Gasteiger charge is 2.13. The Labute approximate surface area is 141 Å². The molecule has 0 radical (unpaired) electrons. The standard InChI is InChI=1S/C19H22FN3O/c20-17-10-6-5-9-16(17)19(24)23-18-12-11-15(13-21-18)22-14-7-3-1-2-4-8-14/h5-6,9-14,22H,1-4,7-8H2,(H,21,23,24). The summed E-state index contributed by atoms with van der Waals surface area (Å²) in [4.78, 5) is 16.3. The van der Waals surface area contributed by atoms with E-state index in [9.17, 15) is 9.18 Å². The van der Waals surface area contributed by atoms with Gasteiger partial charge in [-0.3, -0.25) is 4.79 Å². The van der Waals surface area contributed by atoms with E-state index in [2.05, 4.69) is 15.6 Å². The van der Waals surface area contributed by atoms with Crippen molar-refractivity contribution in [1.82, 2.24) is 4.98 Å². The molecule has 0 saturated heterocycles. The Morgan fingerprint density at radius 2 is 1.79 bits per heavy atom. The third kappa shape index (κ3) is 4.31. The zero-order chi connectivity index (χ0) is 16.8. The van der Waals surface area contributed by atoms with Crippen LogP contribution in [0.4, 0.5) is 15.9 Å². The summed E-state index contributed by atoms with van der Waals surface area (Å²) in [7, 11) is 0. The highest BCUT2D eigenvalue weighted by atomic mass is 19.1. The van der Waals surface area contributed by atoms with Crippen molar-refractivity contribution < 1.29 is 9.18 Å². The van der Waals surface area contributed by atoms with Crippen molar-refractivity contribution in [3.63, 3.8) is 0 Å². The summed E-state index contributed by atoms with van der Waals surface area (Å²) in [6.45, 7) is 0. The van der Waals surface area contributed by atoms with Gasteiger partial charge in [-0.05, 0) is 37.1 Å². The molecule has 1 aromatic heterocycles. The second-order valence-electron chi connectivity index (χ2n) is 6.20. The van der Waals surface area contributed by atoms with Crippen LogP contribution in [0, 0.1) is 5.82 Å². The van der Waals surface area contributed by atoms with Crippen LogP contribution in [0.1, 0.15) is 48.9 Å². The fraction of sp³-hybridized carbons (Fsp3) is 0.368. The molecule has 1 saturated carbocycles. The first-order valence-corrected chi connectivity index (χ1v) is 8.51. The molecule has 1 aliphatic rings. The molecule has 1 heterocycles. The zero-order valence-electron chi connectivity index (χ0n) is 13.6. The summed E-state index contributed by atoms with van der Waals surface area (Å²) >= 11 is 0. The topological polar surface area (TPSA) is 54.0 Å². The molecular weight excluding hydrogens is 305 g/mol. The number of carbonyl (C=O) groups is 1. The molecule has 0 spiro atoms. The number of benzene rings is 1. The van der Waals surface area contributed by atoms with E-state index in [1.165, 1.54) is 50.7 Å². The highest BCUT2D eigenvalue weighted by molar-refractivity contribution is 6.03. The van der Waals surface area contributed by atoms with Gasteiger partial charge >= 0.3 is 0 Å². The van der Waals surface area contributed by atoms with Gasteiger partial charge in [-0.1, -0.05) is 37.8 Å². The maximum atomic E-state index is 13.6. The minimum absolute atomic E-state index is 0.0138. The second kappa shape index (κ2) is 7.90. The van der Waals surface area contributed by atoms with Gasteiger partial charge in [0.15, 0.2) is 0 Å². The highest BCUT2D eigenvalue weighted by Crippen LogP contribution is 2.21. The van der Waals surface area contributed by atoms with Gasteiger partial charge < -0.3 is 10.6 Å². The number of hydrogen-bond donors (Lipinski definition) is 2. The summed E-state index contributed by atoms with van der Waals surface area (Å²) in [5.41, 5.74) is 0.964. The first-order chi connectivity index (χ1) is 11.7. The smallest absolute Gasteiger partial charge is 0.259 e. The third-order valence-electron chi connectivity index (χ3n) is 4.35. The fourth-order valence-corrected chi connectivity index (χ4v) is 3.04.